The Morgan fingerprint density at radius 2 is 2.07 bits per heavy atom. The molecule has 2 atom stereocenters. The van der Waals surface area contributed by atoms with Crippen molar-refractivity contribution in [2.24, 2.45) is 11.7 Å². The third kappa shape index (κ3) is 5.85. The minimum atomic E-state index is 0. The highest BCUT2D eigenvalue weighted by Crippen LogP contribution is 2.27. The minimum Gasteiger partial charge on any atom is -0.487 e. The van der Waals surface area contributed by atoms with Crippen LogP contribution in [0.5, 0.6) is 5.75 Å². The lowest BCUT2D eigenvalue weighted by Crippen LogP contribution is -2.28. The number of anilines is 1. The maximum Gasteiger partial charge on any atom is 0.224 e. The molecule has 2 heterocycles. The summed E-state index contributed by atoms with van der Waals surface area (Å²) in [6, 6.07) is 13.5. The van der Waals surface area contributed by atoms with Gasteiger partial charge in [0.15, 0.2) is 0 Å². The second kappa shape index (κ2) is 10.5. The predicted molar refractivity (Wildman–Crippen MR) is 119 cm³/mol. The Balaban J connectivity index is 0.00000150. The van der Waals surface area contributed by atoms with E-state index in [4.69, 9.17) is 10.5 Å². The third-order valence-electron chi connectivity index (χ3n) is 5.08. The molecule has 0 radical (unpaired) electrons. The molecule has 1 saturated carbocycles. The van der Waals surface area contributed by atoms with Gasteiger partial charge < -0.3 is 20.2 Å². The van der Waals surface area contributed by atoms with Gasteiger partial charge in [0, 0.05) is 36.6 Å². The topological polar surface area (TPSA) is 81.7 Å². The van der Waals surface area contributed by atoms with Crippen LogP contribution in [0.4, 0.5) is 5.69 Å². The summed E-state index contributed by atoms with van der Waals surface area (Å²) >= 11 is 0. The lowest BCUT2D eigenvalue weighted by molar-refractivity contribution is -0.117. The standard InChI is InChI=1S/C21H24N4O2.2ClH/c22-19-8-3-5-15(19)11-21(26)24-16-6-4-7-18(12-16)27-14-17-13-25-10-2-1-9-20(25)23-17;;/h1-2,4,6-7,9-10,12-13,15,19H,3,5,8,11,14,22H2,(H,24,26);2*1H/t15-,19+;;/m0../s1. The van der Waals surface area contributed by atoms with Crippen LogP contribution in [-0.2, 0) is 11.4 Å². The zero-order valence-electron chi connectivity index (χ0n) is 16.0. The summed E-state index contributed by atoms with van der Waals surface area (Å²) < 4.78 is 7.81. The summed E-state index contributed by atoms with van der Waals surface area (Å²) in [6.45, 7) is 0.371. The second-order valence-corrected chi connectivity index (χ2v) is 7.12. The van der Waals surface area contributed by atoms with E-state index in [0.717, 1.165) is 36.3 Å². The number of amides is 1. The average molecular weight is 437 g/mol. The number of hydrogen-bond acceptors (Lipinski definition) is 4. The van der Waals surface area contributed by atoms with Crippen LogP contribution in [0.2, 0.25) is 0 Å². The van der Waals surface area contributed by atoms with Gasteiger partial charge in [0.05, 0.1) is 5.69 Å². The number of imidazole rings is 1. The monoisotopic (exact) mass is 436 g/mol. The number of ether oxygens (including phenoxy) is 1. The van der Waals surface area contributed by atoms with Crippen molar-refractivity contribution in [1.29, 1.82) is 0 Å². The van der Waals surface area contributed by atoms with Gasteiger partial charge in [0.1, 0.15) is 18.0 Å². The molecule has 1 amide bonds. The van der Waals surface area contributed by atoms with Crippen molar-refractivity contribution in [2.45, 2.75) is 38.3 Å². The number of nitrogens with zero attached hydrogens (tertiary/aromatic N) is 2. The van der Waals surface area contributed by atoms with Gasteiger partial charge >= 0.3 is 0 Å². The Labute approximate surface area is 182 Å². The molecule has 3 N–H and O–H groups in total. The summed E-state index contributed by atoms with van der Waals surface area (Å²) in [5, 5.41) is 2.96. The maximum absolute atomic E-state index is 12.3. The van der Waals surface area contributed by atoms with Crippen LogP contribution < -0.4 is 15.8 Å². The van der Waals surface area contributed by atoms with Crippen LogP contribution in [0, 0.1) is 5.92 Å². The summed E-state index contributed by atoms with van der Waals surface area (Å²) in [5.41, 5.74) is 8.54. The van der Waals surface area contributed by atoms with Gasteiger partial charge in [-0.3, -0.25) is 4.79 Å². The van der Waals surface area contributed by atoms with E-state index >= 15 is 0 Å². The van der Waals surface area contributed by atoms with Gasteiger partial charge in [-0.2, -0.15) is 0 Å². The van der Waals surface area contributed by atoms with Crippen LogP contribution >= 0.6 is 24.8 Å². The van der Waals surface area contributed by atoms with Crippen molar-refractivity contribution < 1.29 is 9.53 Å². The Morgan fingerprint density at radius 1 is 1.21 bits per heavy atom. The number of pyridine rings is 1. The first-order valence-corrected chi connectivity index (χ1v) is 9.38. The fourth-order valence-corrected chi connectivity index (χ4v) is 3.65. The smallest absolute Gasteiger partial charge is 0.224 e. The molecule has 0 aliphatic heterocycles. The summed E-state index contributed by atoms with van der Waals surface area (Å²) in [6.07, 6.45) is 7.56. The highest BCUT2D eigenvalue weighted by Gasteiger charge is 2.26. The van der Waals surface area contributed by atoms with Crippen molar-refractivity contribution in [3.8, 4) is 5.75 Å². The first-order chi connectivity index (χ1) is 13.2. The molecule has 1 aliphatic rings. The lowest BCUT2D eigenvalue weighted by Gasteiger charge is -2.15. The van der Waals surface area contributed by atoms with Crippen molar-refractivity contribution in [2.75, 3.05) is 5.32 Å². The quantitative estimate of drug-likeness (QED) is 0.605. The van der Waals surface area contributed by atoms with Crippen LogP contribution in [0.25, 0.3) is 5.65 Å². The fourth-order valence-electron chi connectivity index (χ4n) is 3.65. The van der Waals surface area contributed by atoms with Crippen molar-refractivity contribution >= 4 is 42.1 Å². The molecule has 1 aliphatic carbocycles. The number of halogens is 2. The molecule has 156 valence electrons. The third-order valence-corrected chi connectivity index (χ3v) is 5.08. The Bertz CT molecular complexity index is 914. The fraction of sp³-hybridized carbons (Fsp3) is 0.333. The summed E-state index contributed by atoms with van der Waals surface area (Å²) in [4.78, 5) is 16.8. The number of carbonyl (C=O) groups excluding carboxylic acids is 1. The van der Waals surface area contributed by atoms with Gasteiger partial charge in [-0.1, -0.05) is 18.6 Å². The van der Waals surface area contributed by atoms with E-state index in [2.05, 4.69) is 10.3 Å². The second-order valence-electron chi connectivity index (χ2n) is 7.12. The number of aromatic nitrogens is 2. The molecule has 0 spiro atoms. The SMILES string of the molecule is Cl.Cl.N[C@@H]1CCC[C@H]1CC(=O)Nc1cccc(OCc2cn3ccccc3n2)c1. The van der Waals surface area contributed by atoms with Gasteiger partial charge in [-0.25, -0.2) is 4.98 Å². The zero-order valence-corrected chi connectivity index (χ0v) is 17.6. The van der Waals surface area contributed by atoms with Crippen molar-refractivity contribution in [3.05, 3.63) is 60.6 Å². The highest BCUT2D eigenvalue weighted by atomic mass is 35.5. The molecular formula is C21H26Cl2N4O2. The van der Waals surface area contributed by atoms with E-state index < -0.39 is 0 Å². The van der Waals surface area contributed by atoms with Crippen LogP contribution in [0.1, 0.15) is 31.4 Å². The number of nitrogens with two attached hydrogens (primary N) is 1. The Morgan fingerprint density at radius 3 is 2.83 bits per heavy atom. The molecule has 1 fully saturated rings. The summed E-state index contributed by atoms with van der Waals surface area (Å²) in [7, 11) is 0. The van der Waals surface area contributed by atoms with E-state index in [0.29, 0.717) is 24.7 Å². The van der Waals surface area contributed by atoms with E-state index in [1.54, 1.807) is 0 Å². The molecule has 29 heavy (non-hydrogen) atoms. The summed E-state index contributed by atoms with van der Waals surface area (Å²) in [5.74, 6) is 0.997. The molecular weight excluding hydrogens is 411 g/mol. The number of rotatable bonds is 6. The van der Waals surface area contributed by atoms with E-state index in [9.17, 15) is 4.79 Å². The first-order valence-electron chi connectivity index (χ1n) is 9.38. The molecule has 4 rings (SSSR count). The van der Waals surface area contributed by atoms with Gasteiger partial charge in [-0.05, 0) is 43.0 Å². The van der Waals surface area contributed by atoms with Gasteiger partial charge in [0.2, 0.25) is 5.91 Å². The van der Waals surface area contributed by atoms with Crippen molar-refractivity contribution in [1.82, 2.24) is 9.38 Å². The molecule has 1 aromatic carbocycles. The molecule has 0 bridgehead atoms. The Hall–Kier alpha value is -2.28. The highest BCUT2D eigenvalue weighted by molar-refractivity contribution is 5.91. The van der Waals surface area contributed by atoms with Gasteiger partial charge in [-0.15, -0.1) is 24.8 Å². The van der Waals surface area contributed by atoms with Crippen molar-refractivity contribution in [3.63, 3.8) is 0 Å². The number of benzene rings is 1. The zero-order chi connectivity index (χ0) is 18.6. The molecule has 0 saturated heterocycles. The Kier molecular flexibility index (Phi) is 8.32. The van der Waals surface area contributed by atoms with Crippen LogP contribution in [-0.4, -0.2) is 21.3 Å². The molecule has 0 unspecified atom stereocenters. The predicted octanol–water partition coefficient (Wildman–Crippen LogP) is 4.21. The number of carbonyl (C=O) groups is 1. The first kappa shape index (κ1) is 23.0. The maximum atomic E-state index is 12.3. The average Bonchev–Trinajstić information content (AvgIpc) is 3.26. The molecule has 6 nitrogen and oxygen atoms in total. The number of fused-ring (bicyclic) bond motifs is 1. The lowest BCUT2D eigenvalue weighted by atomic mass is 10.00. The molecule has 3 aromatic rings. The molecule has 2 aromatic heterocycles. The minimum absolute atomic E-state index is 0. The van der Waals surface area contributed by atoms with E-state index in [1.165, 1.54) is 0 Å². The number of nitrogens with one attached hydrogen (secondary N) is 1. The van der Waals surface area contributed by atoms with Crippen LogP contribution in [0.15, 0.2) is 54.9 Å². The number of hydrogen-bond donors (Lipinski definition) is 2. The molecule has 8 heteroatoms. The largest absolute Gasteiger partial charge is 0.487 e. The normalized spacial score (nSPS) is 18.0. The van der Waals surface area contributed by atoms with E-state index in [-0.39, 0.29) is 36.8 Å². The van der Waals surface area contributed by atoms with Gasteiger partial charge in [0.25, 0.3) is 0 Å². The van der Waals surface area contributed by atoms with Crippen LogP contribution in [0.3, 0.4) is 0 Å². The van der Waals surface area contributed by atoms with E-state index in [1.807, 2.05) is 59.3 Å².